The number of nitrogens with zero attached hydrogens (tertiary/aromatic N) is 1. The van der Waals surface area contributed by atoms with Gasteiger partial charge in [0.25, 0.3) is 5.91 Å². The van der Waals surface area contributed by atoms with E-state index in [0.717, 1.165) is 18.4 Å². The van der Waals surface area contributed by atoms with E-state index in [0.29, 0.717) is 11.3 Å². The molecule has 3 aliphatic heterocycles. The largest absolute Gasteiger partial charge is 0.477 e. The van der Waals surface area contributed by atoms with Crippen molar-refractivity contribution in [2.24, 2.45) is 0 Å². The molecule has 29 heavy (non-hydrogen) atoms. The molecule has 3 aliphatic rings. The summed E-state index contributed by atoms with van der Waals surface area (Å²) in [6, 6.07) is 8.59. The van der Waals surface area contributed by atoms with Gasteiger partial charge in [-0.25, -0.2) is 4.79 Å². The van der Waals surface area contributed by atoms with Gasteiger partial charge < -0.3 is 15.2 Å². The van der Waals surface area contributed by atoms with E-state index < -0.39 is 17.4 Å². The van der Waals surface area contributed by atoms with Gasteiger partial charge in [0, 0.05) is 5.75 Å². The molecule has 7 nitrogen and oxygen atoms in total. The molecule has 2 amide bonds. The van der Waals surface area contributed by atoms with Crippen molar-refractivity contribution in [2.45, 2.75) is 56.2 Å². The number of aliphatic carboxylic acids is 1. The Morgan fingerprint density at radius 2 is 2.03 bits per heavy atom. The van der Waals surface area contributed by atoms with Crippen molar-refractivity contribution in [3.05, 3.63) is 47.2 Å². The van der Waals surface area contributed by atoms with E-state index >= 15 is 0 Å². The van der Waals surface area contributed by atoms with Crippen LogP contribution in [0.15, 0.2) is 41.6 Å². The first-order chi connectivity index (χ1) is 13.8. The van der Waals surface area contributed by atoms with Gasteiger partial charge in [0.15, 0.2) is 0 Å². The molecule has 0 bridgehead atoms. The number of ether oxygens (including phenoxy) is 1. The highest BCUT2D eigenvalue weighted by Gasteiger charge is 2.55. The number of thioether (sulfide) groups is 1. The third-order valence-electron chi connectivity index (χ3n) is 5.58. The zero-order chi connectivity index (χ0) is 20.8. The van der Waals surface area contributed by atoms with Crippen LogP contribution >= 0.6 is 11.8 Å². The Morgan fingerprint density at radius 1 is 1.31 bits per heavy atom. The van der Waals surface area contributed by atoms with Crippen molar-refractivity contribution >= 4 is 29.5 Å². The van der Waals surface area contributed by atoms with Gasteiger partial charge >= 0.3 is 5.97 Å². The van der Waals surface area contributed by atoms with Crippen LogP contribution < -0.4 is 5.32 Å². The molecule has 1 aromatic carbocycles. The zero-order valence-corrected chi connectivity index (χ0v) is 17.2. The highest BCUT2D eigenvalue weighted by atomic mass is 32.2. The van der Waals surface area contributed by atoms with E-state index in [1.54, 1.807) is 0 Å². The van der Waals surface area contributed by atoms with Crippen molar-refractivity contribution in [2.75, 3.05) is 5.75 Å². The number of β-lactam (4-membered cyclic amide) rings is 1. The van der Waals surface area contributed by atoms with Gasteiger partial charge in [-0.2, -0.15) is 0 Å². The fourth-order valence-electron chi connectivity index (χ4n) is 4.12. The van der Waals surface area contributed by atoms with Gasteiger partial charge in [0.1, 0.15) is 17.1 Å². The van der Waals surface area contributed by atoms with E-state index in [1.165, 1.54) is 16.7 Å². The molecule has 2 fully saturated rings. The summed E-state index contributed by atoms with van der Waals surface area (Å²) in [7, 11) is 0. The number of carbonyl (C=O) groups is 3. The van der Waals surface area contributed by atoms with Crippen LogP contribution in [0.4, 0.5) is 0 Å². The number of rotatable bonds is 5. The second-order valence-corrected chi connectivity index (χ2v) is 9.31. The lowest BCUT2D eigenvalue weighted by atomic mass is 9.98. The van der Waals surface area contributed by atoms with Crippen LogP contribution in [0, 0.1) is 0 Å². The number of amides is 2. The molecule has 0 saturated carbocycles. The van der Waals surface area contributed by atoms with Crippen LogP contribution in [-0.4, -0.2) is 56.7 Å². The van der Waals surface area contributed by atoms with Crippen molar-refractivity contribution in [3.63, 3.8) is 0 Å². The summed E-state index contributed by atoms with van der Waals surface area (Å²) in [6.45, 7) is 3.97. The summed E-state index contributed by atoms with van der Waals surface area (Å²) in [6.07, 6.45) is 1.47. The van der Waals surface area contributed by atoms with E-state index in [1.807, 2.05) is 44.2 Å². The third-order valence-corrected chi connectivity index (χ3v) is 6.89. The lowest BCUT2D eigenvalue weighted by Gasteiger charge is -2.50. The molecule has 0 aliphatic carbocycles. The van der Waals surface area contributed by atoms with E-state index in [4.69, 9.17) is 4.74 Å². The summed E-state index contributed by atoms with van der Waals surface area (Å²) < 4.78 is 6.03. The van der Waals surface area contributed by atoms with Gasteiger partial charge in [0.05, 0.1) is 18.1 Å². The lowest BCUT2D eigenvalue weighted by Crippen LogP contribution is -2.70. The highest BCUT2D eigenvalue weighted by Crippen LogP contribution is 2.44. The molecule has 154 valence electrons. The van der Waals surface area contributed by atoms with Crippen LogP contribution in [0.5, 0.6) is 0 Å². The maximum absolute atomic E-state index is 12.7. The molecule has 3 atom stereocenters. The van der Waals surface area contributed by atoms with E-state index in [2.05, 4.69) is 5.32 Å². The Balaban J connectivity index is 1.48. The molecule has 0 aromatic heterocycles. The molecule has 0 spiro atoms. The third kappa shape index (κ3) is 3.79. The van der Waals surface area contributed by atoms with Gasteiger partial charge in [-0.1, -0.05) is 30.3 Å². The summed E-state index contributed by atoms with van der Waals surface area (Å²) in [5.74, 6) is -1.28. The van der Waals surface area contributed by atoms with Crippen molar-refractivity contribution in [3.8, 4) is 0 Å². The normalized spacial score (nSPS) is 28.0. The van der Waals surface area contributed by atoms with Crippen molar-refractivity contribution in [1.29, 1.82) is 0 Å². The number of hydrogen-bond acceptors (Lipinski definition) is 5. The number of nitrogens with one attached hydrogen (secondary N) is 1. The SMILES string of the molecule is CC1(C)CC[C@@H](C2=C(C(=O)O)N3C(=O)[C@@H](NC(=O)Cc4ccccc4)[C@H]3SC2)O1. The second-order valence-electron chi connectivity index (χ2n) is 8.20. The number of carboxylic acids is 1. The zero-order valence-electron chi connectivity index (χ0n) is 16.4. The topological polar surface area (TPSA) is 95.9 Å². The summed E-state index contributed by atoms with van der Waals surface area (Å²) in [5.41, 5.74) is 1.25. The number of fused-ring (bicyclic) bond motifs is 1. The summed E-state index contributed by atoms with van der Waals surface area (Å²) in [5, 5.41) is 12.2. The average Bonchev–Trinajstić information content (AvgIpc) is 3.05. The monoisotopic (exact) mass is 416 g/mol. The molecule has 0 radical (unpaired) electrons. The Bertz CT molecular complexity index is 882. The molecular formula is C21H24N2O5S. The van der Waals surface area contributed by atoms with Gasteiger partial charge in [0.2, 0.25) is 5.91 Å². The smallest absolute Gasteiger partial charge is 0.352 e. The van der Waals surface area contributed by atoms with Gasteiger partial charge in [-0.05, 0) is 37.8 Å². The van der Waals surface area contributed by atoms with Crippen LogP contribution in [0.25, 0.3) is 0 Å². The second kappa shape index (κ2) is 7.50. The number of hydrogen-bond donors (Lipinski definition) is 2. The van der Waals surface area contributed by atoms with Crippen LogP contribution in [0.3, 0.4) is 0 Å². The molecule has 0 unspecified atom stereocenters. The van der Waals surface area contributed by atoms with E-state index in [9.17, 15) is 19.5 Å². The Hall–Kier alpha value is -2.32. The highest BCUT2D eigenvalue weighted by molar-refractivity contribution is 8.00. The maximum Gasteiger partial charge on any atom is 0.352 e. The predicted molar refractivity (Wildman–Crippen MR) is 108 cm³/mol. The number of carboxylic acid groups (broad SMARTS) is 1. The first-order valence-corrected chi connectivity index (χ1v) is 10.7. The molecule has 3 heterocycles. The molecule has 4 rings (SSSR count). The molecule has 2 N–H and O–H groups in total. The first-order valence-electron chi connectivity index (χ1n) is 9.69. The Labute approximate surface area is 173 Å². The lowest BCUT2D eigenvalue weighted by molar-refractivity contribution is -0.150. The minimum absolute atomic E-state index is 0.0232. The molecule has 2 saturated heterocycles. The van der Waals surface area contributed by atoms with E-state index in [-0.39, 0.29) is 35.6 Å². The van der Waals surface area contributed by atoms with Crippen LogP contribution in [0.1, 0.15) is 32.3 Å². The molecule has 1 aromatic rings. The standard InChI is InChI=1S/C21H24N2O5S/c1-21(2)9-8-14(28-21)13-11-29-19-16(18(25)23(19)17(13)20(26)27)22-15(24)10-12-6-4-3-5-7-12/h3-7,14,16,19H,8-11H2,1-2H3,(H,22,24)(H,26,27)/t14-,16+,19+/m0/s1. The first kappa shape index (κ1) is 20.0. The molecular weight excluding hydrogens is 392 g/mol. The number of benzene rings is 1. The fourth-order valence-corrected chi connectivity index (χ4v) is 5.53. The average molecular weight is 416 g/mol. The Morgan fingerprint density at radius 3 is 2.66 bits per heavy atom. The quantitative estimate of drug-likeness (QED) is 0.712. The minimum atomic E-state index is -1.12. The maximum atomic E-state index is 12.7. The predicted octanol–water partition coefficient (Wildman–Crippen LogP) is 1.93. The van der Waals surface area contributed by atoms with Crippen molar-refractivity contribution < 1.29 is 24.2 Å². The number of carbonyl (C=O) groups excluding carboxylic acids is 2. The summed E-state index contributed by atoms with van der Waals surface area (Å²) >= 11 is 1.48. The van der Waals surface area contributed by atoms with Crippen molar-refractivity contribution in [1.82, 2.24) is 10.2 Å². The molecule has 8 heteroatoms. The Kier molecular flexibility index (Phi) is 5.16. The minimum Gasteiger partial charge on any atom is -0.477 e. The summed E-state index contributed by atoms with van der Waals surface area (Å²) in [4.78, 5) is 38.4. The van der Waals surface area contributed by atoms with Crippen LogP contribution in [0.2, 0.25) is 0 Å². The van der Waals surface area contributed by atoms with Gasteiger partial charge in [-0.3, -0.25) is 14.5 Å². The van der Waals surface area contributed by atoms with Crippen LogP contribution in [-0.2, 0) is 25.5 Å². The van der Waals surface area contributed by atoms with Gasteiger partial charge in [-0.15, -0.1) is 11.8 Å². The fraction of sp³-hybridized carbons (Fsp3) is 0.476.